The van der Waals surface area contributed by atoms with Crippen molar-refractivity contribution in [2.75, 3.05) is 19.7 Å². The normalized spacial score (nSPS) is 18.7. The molecule has 3 rings (SSSR count). The predicted octanol–water partition coefficient (Wildman–Crippen LogP) is 3.22. The molecule has 1 atom stereocenters. The molecule has 5 nitrogen and oxygen atoms in total. The van der Waals surface area contributed by atoms with Crippen molar-refractivity contribution in [3.05, 3.63) is 52.9 Å². The second-order valence-corrected chi connectivity index (χ2v) is 5.56. The number of amides is 1. The number of hydrogen-bond donors (Lipinski definition) is 0. The highest BCUT2D eigenvalue weighted by atomic mass is 19.4. The summed E-state index contributed by atoms with van der Waals surface area (Å²) in [6, 6.07) is 6.32. The first kappa shape index (κ1) is 16.5. The minimum absolute atomic E-state index is 0.139. The van der Waals surface area contributed by atoms with Crippen LogP contribution in [0.2, 0.25) is 0 Å². The van der Waals surface area contributed by atoms with E-state index in [0.717, 1.165) is 12.1 Å². The zero-order valence-corrected chi connectivity index (χ0v) is 12.8. The van der Waals surface area contributed by atoms with Crippen molar-refractivity contribution in [2.24, 2.45) is 0 Å². The van der Waals surface area contributed by atoms with Crippen LogP contribution in [-0.4, -0.2) is 35.7 Å². The molecule has 0 unspecified atom stereocenters. The lowest BCUT2D eigenvalue weighted by atomic mass is 10.0. The summed E-state index contributed by atoms with van der Waals surface area (Å²) in [6.07, 6.45) is -4.85. The highest BCUT2D eigenvalue weighted by Gasteiger charge is 2.31. The smallest absolute Gasteiger partial charge is 0.370 e. The molecule has 24 heavy (non-hydrogen) atoms. The third-order valence-electron chi connectivity index (χ3n) is 3.80. The number of benzene rings is 1. The first-order chi connectivity index (χ1) is 11.3. The van der Waals surface area contributed by atoms with E-state index in [1.807, 2.05) is 0 Å². The summed E-state index contributed by atoms with van der Waals surface area (Å²) in [4.78, 5) is 13.9. The molecule has 1 fully saturated rings. The van der Waals surface area contributed by atoms with Gasteiger partial charge in [-0.3, -0.25) is 4.79 Å². The first-order valence-corrected chi connectivity index (χ1v) is 7.36. The van der Waals surface area contributed by atoms with E-state index in [9.17, 15) is 18.0 Å². The van der Waals surface area contributed by atoms with E-state index in [4.69, 9.17) is 9.26 Å². The van der Waals surface area contributed by atoms with Crippen LogP contribution < -0.4 is 0 Å². The fourth-order valence-corrected chi connectivity index (χ4v) is 2.54. The monoisotopic (exact) mass is 340 g/mol. The van der Waals surface area contributed by atoms with Crippen molar-refractivity contribution in [3.63, 3.8) is 0 Å². The number of carbonyl (C=O) groups excluding carboxylic acids is 1. The highest BCUT2D eigenvalue weighted by molar-refractivity contribution is 5.91. The quantitative estimate of drug-likeness (QED) is 0.842. The van der Waals surface area contributed by atoms with E-state index in [1.54, 1.807) is 17.9 Å². The topological polar surface area (TPSA) is 55.6 Å². The van der Waals surface area contributed by atoms with Gasteiger partial charge in [-0.25, -0.2) is 0 Å². The zero-order chi connectivity index (χ0) is 17.3. The summed E-state index contributed by atoms with van der Waals surface area (Å²) >= 11 is 0. The molecule has 2 heterocycles. The fourth-order valence-electron chi connectivity index (χ4n) is 2.54. The summed E-state index contributed by atoms with van der Waals surface area (Å²) in [5.74, 6) is -0.170. The second kappa shape index (κ2) is 6.27. The SMILES string of the molecule is Cc1cc(C(=O)N2CCO[C@@H](c3ccc(C(F)(F)F)cc3)C2)on1. The molecule has 0 aliphatic carbocycles. The molecule has 8 heteroatoms. The predicted molar refractivity (Wildman–Crippen MR) is 77.3 cm³/mol. The number of alkyl halides is 3. The molecule has 0 bridgehead atoms. The van der Waals surface area contributed by atoms with Crippen LogP contribution in [0.5, 0.6) is 0 Å². The molecular formula is C16H15F3N2O3. The molecule has 0 spiro atoms. The molecule has 128 valence electrons. The Morgan fingerprint density at radius 3 is 2.58 bits per heavy atom. The molecule has 0 saturated carbocycles. The summed E-state index contributed by atoms with van der Waals surface area (Å²) in [5, 5.41) is 3.68. The van der Waals surface area contributed by atoms with Crippen molar-refractivity contribution >= 4 is 5.91 Å². The third-order valence-corrected chi connectivity index (χ3v) is 3.80. The number of hydrogen-bond acceptors (Lipinski definition) is 4. The van der Waals surface area contributed by atoms with E-state index in [2.05, 4.69) is 5.16 Å². The number of carbonyl (C=O) groups is 1. The van der Waals surface area contributed by atoms with Gasteiger partial charge in [0.2, 0.25) is 5.76 Å². The van der Waals surface area contributed by atoms with E-state index in [-0.39, 0.29) is 18.2 Å². The Bertz CT molecular complexity index is 725. The van der Waals surface area contributed by atoms with Gasteiger partial charge in [0.15, 0.2) is 0 Å². The van der Waals surface area contributed by atoms with Crippen LogP contribution in [0.4, 0.5) is 13.2 Å². The van der Waals surface area contributed by atoms with Gasteiger partial charge in [-0.05, 0) is 24.6 Å². The fraction of sp³-hybridized carbons (Fsp3) is 0.375. The molecule has 1 aromatic carbocycles. The van der Waals surface area contributed by atoms with Crippen LogP contribution in [0.1, 0.15) is 33.5 Å². The molecule has 0 N–H and O–H groups in total. The summed E-state index contributed by atoms with van der Waals surface area (Å²) in [7, 11) is 0. The largest absolute Gasteiger partial charge is 0.416 e. The zero-order valence-electron chi connectivity index (χ0n) is 12.8. The Labute approximate surface area is 136 Å². The molecule has 1 amide bonds. The van der Waals surface area contributed by atoms with Gasteiger partial charge in [0, 0.05) is 12.6 Å². The summed E-state index contributed by atoms with van der Waals surface area (Å²) < 4.78 is 48.4. The molecule has 2 aromatic rings. The van der Waals surface area contributed by atoms with Gasteiger partial charge in [-0.1, -0.05) is 17.3 Å². The van der Waals surface area contributed by atoms with Gasteiger partial charge in [0.1, 0.15) is 6.10 Å². The number of rotatable bonds is 2. The minimum Gasteiger partial charge on any atom is -0.370 e. The lowest BCUT2D eigenvalue weighted by Gasteiger charge is -2.32. The standard InChI is InChI=1S/C16H15F3N2O3/c1-10-8-13(24-20-10)15(22)21-6-7-23-14(9-21)11-2-4-12(5-3-11)16(17,18)19/h2-5,8,14H,6-7,9H2,1H3/t14-/m1/s1. The molecule has 0 radical (unpaired) electrons. The van der Waals surface area contributed by atoms with Gasteiger partial charge in [-0.15, -0.1) is 0 Å². The maximum atomic E-state index is 12.6. The van der Waals surface area contributed by atoms with Crippen LogP contribution in [0, 0.1) is 6.92 Å². The van der Waals surface area contributed by atoms with Gasteiger partial charge in [-0.2, -0.15) is 13.2 Å². The van der Waals surface area contributed by atoms with Crippen molar-refractivity contribution < 1.29 is 27.2 Å². The molecular weight excluding hydrogens is 325 g/mol. The van der Waals surface area contributed by atoms with Gasteiger partial charge in [0.05, 0.1) is 24.4 Å². The van der Waals surface area contributed by atoms with Crippen LogP contribution in [0.3, 0.4) is 0 Å². The maximum absolute atomic E-state index is 12.6. The summed E-state index contributed by atoms with van der Waals surface area (Å²) in [6.45, 7) is 2.63. The van der Waals surface area contributed by atoms with Crippen LogP contribution in [0.25, 0.3) is 0 Å². The highest BCUT2D eigenvalue weighted by Crippen LogP contribution is 2.31. The van der Waals surface area contributed by atoms with Crippen molar-refractivity contribution in [2.45, 2.75) is 19.2 Å². The van der Waals surface area contributed by atoms with Crippen molar-refractivity contribution in [1.29, 1.82) is 0 Å². The number of ether oxygens (including phenoxy) is 1. The van der Waals surface area contributed by atoms with Crippen molar-refractivity contribution in [1.82, 2.24) is 10.1 Å². The number of nitrogens with zero attached hydrogens (tertiary/aromatic N) is 2. The molecule has 1 aliphatic rings. The van der Waals surface area contributed by atoms with Crippen molar-refractivity contribution in [3.8, 4) is 0 Å². The Balaban J connectivity index is 1.72. The molecule has 1 saturated heterocycles. The van der Waals surface area contributed by atoms with Crippen LogP contribution >= 0.6 is 0 Å². The van der Waals surface area contributed by atoms with Gasteiger partial charge < -0.3 is 14.2 Å². The third kappa shape index (κ3) is 3.43. The van der Waals surface area contributed by atoms with E-state index >= 15 is 0 Å². The minimum atomic E-state index is -4.38. The van der Waals surface area contributed by atoms with E-state index in [1.165, 1.54) is 12.1 Å². The van der Waals surface area contributed by atoms with Crippen LogP contribution in [-0.2, 0) is 10.9 Å². The Kier molecular flexibility index (Phi) is 4.31. The average Bonchev–Trinajstić information content (AvgIpc) is 3.00. The lowest BCUT2D eigenvalue weighted by molar-refractivity contribution is -0.137. The van der Waals surface area contributed by atoms with E-state index in [0.29, 0.717) is 24.4 Å². The van der Waals surface area contributed by atoms with Gasteiger partial charge >= 0.3 is 6.18 Å². The number of aryl methyl sites for hydroxylation is 1. The Morgan fingerprint density at radius 2 is 2.00 bits per heavy atom. The maximum Gasteiger partial charge on any atom is 0.416 e. The van der Waals surface area contributed by atoms with E-state index < -0.39 is 17.8 Å². The Morgan fingerprint density at radius 1 is 1.29 bits per heavy atom. The Hall–Kier alpha value is -2.35. The lowest BCUT2D eigenvalue weighted by Crippen LogP contribution is -2.42. The second-order valence-electron chi connectivity index (χ2n) is 5.56. The molecule has 1 aromatic heterocycles. The first-order valence-electron chi connectivity index (χ1n) is 7.36. The average molecular weight is 340 g/mol. The number of morpholine rings is 1. The van der Waals surface area contributed by atoms with Gasteiger partial charge in [0.25, 0.3) is 5.91 Å². The summed E-state index contributed by atoms with van der Waals surface area (Å²) in [5.41, 5.74) is 0.479. The number of aromatic nitrogens is 1. The number of halogens is 3. The van der Waals surface area contributed by atoms with Crippen LogP contribution in [0.15, 0.2) is 34.9 Å². The molecule has 1 aliphatic heterocycles.